The molecule has 1 aromatic rings. The first-order valence-corrected chi connectivity index (χ1v) is 5.18. The predicted octanol–water partition coefficient (Wildman–Crippen LogP) is 1.08. The Kier molecular flexibility index (Phi) is 2.84. The largest absolute Gasteiger partial charge is 0.361 e. The van der Waals surface area contributed by atoms with Crippen molar-refractivity contribution in [2.24, 2.45) is 5.73 Å². The van der Waals surface area contributed by atoms with E-state index in [1.165, 1.54) is 12.8 Å². The first-order valence-electron chi connectivity index (χ1n) is 5.18. The Labute approximate surface area is 84.0 Å². The highest BCUT2D eigenvalue weighted by Gasteiger charge is 2.24. The first kappa shape index (κ1) is 9.68. The van der Waals surface area contributed by atoms with E-state index in [4.69, 9.17) is 10.3 Å². The molecule has 0 saturated carbocycles. The summed E-state index contributed by atoms with van der Waals surface area (Å²) in [4.78, 5) is 2.39. The first-order chi connectivity index (χ1) is 6.81. The molecular weight excluding hydrogens is 178 g/mol. The number of aryl methyl sites for hydroxylation is 1. The third-order valence-corrected chi connectivity index (χ3v) is 2.79. The van der Waals surface area contributed by atoms with Crippen LogP contribution in [0.3, 0.4) is 0 Å². The Morgan fingerprint density at radius 3 is 2.79 bits per heavy atom. The van der Waals surface area contributed by atoms with Gasteiger partial charge in [-0.3, -0.25) is 4.90 Å². The highest BCUT2D eigenvalue weighted by molar-refractivity contribution is 5.09. The molecule has 1 fully saturated rings. The third kappa shape index (κ3) is 1.81. The molecule has 1 atom stereocenters. The van der Waals surface area contributed by atoms with Crippen LogP contribution in [0.5, 0.6) is 0 Å². The standard InChI is InChI=1S/C10H17N3O/c1-8-6-9(12-14-8)10(7-11)13-4-2-3-5-13/h6,10H,2-5,7,11H2,1H3. The molecule has 1 saturated heterocycles. The van der Waals surface area contributed by atoms with Crippen molar-refractivity contribution < 1.29 is 4.52 Å². The van der Waals surface area contributed by atoms with Gasteiger partial charge in [0.25, 0.3) is 0 Å². The fraction of sp³-hybridized carbons (Fsp3) is 0.700. The van der Waals surface area contributed by atoms with Crippen molar-refractivity contribution in [1.82, 2.24) is 10.1 Å². The highest BCUT2D eigenvalue weighted by Crippen LogP contribution is 2.23. The van der Waals surface area contributed by atoms with Gasteiger partial charge in [0.1, 0.15) is 11.5 Å². The number of aromatic nitrogens is 1. The van der Waals surface area contributed by atoms with Crippen LogP contribution in [0.25, 0.3) is 0 Å². The summed E-state index contributed by atoms with van der Waals surface area (Å²) in [7, 11) is 0. The summed E-state index contributed by atoms with van der Waals surface area (Å²) >= 11 is 0. The van der Waals surface area contributed by atoms with Crippen LogP contribution in [0.1, 0.15) is 30.3 Å². The van der Waals surface area contributed by atoms with Crippen LogP contribution in [0.4, 0.5) is 0 Å². The van der Waals surface area contributed by atoms with E-state index in [0.29, 0.717) is 6.54 Å². The Balaban J connectivity index is 2.12. The minimum atomic E-state index is 0.245. The molecule has 0 radical (unpaired) electrons. The molecule has 4 heteroatoms. The molecule has 2 rings (SSSR count). The van der Waals surface area contributed by atoms with Crippen LogP contribution in [-0.4, -0.2) is 29.7 Å². The molecule has 1 aliphatic rings. The van der Waals surface area contributed by atoms with Gasteiger partial charge in [-0.15, -0.1) is 0 Å². The Morgan fingerprint density at radius 2 is 2.29 bits per heavy atom. The number of nitrogens with zero attached hydrogens (tertiary/aromatic N) is 2. The molecule has 0 spiro atoms. The zero-order chi connectivity index (χ0) is 9.97. The van der Waals surface area contributed by atoms with Crippen molar-refractivity contribution in [3.05, 3.63) is 17.5 Å². The van der Waals surface area contributed by atoms with Crippen molar-refractivity contribution in [2.75, 3.05) is 19.6 Å². The van der Waals surface area contributed by atoms with Gasteiger partial charge in [0.15, 0.2) is 0 Å². The summed E-state index contributed by atoms with van der Waals surface area (Å²) in [6.45, 7) is 4.79. The minimum absolute atomic E-state index is 0.245. The second-order valence-electron chi connectivity index (χ2n) is 3.86. The van der Waals surface area contributed by atoms with Crippen LogP contribution in [0, 0.1) is 6.92 Å². The van der Waals surface area contributed by atoms with Crippen molar-refractivity contribution in [1.29, 1.82) is 0 Å². The van der Waals surface area contributed by atoms with Gasteiger partial charge in [0.2, 0.25) is 0 Å². The van der Waals surface area contributed by atoms with Crippen molar-refractivity contribution in [2.45, 2.75) is 25.8 Å². The zero-order valence-corrected chi connectivity index (χ0v) is 8.57. The van der Waals surface area contributed by atoms with Gasteiger partial charge in [-0.25, -0.2) is 0 Å². The topological polar surface area (TPSA) is 55.3 Å². The van der Waals surface area contributed by atoms with Gasteiger partial charge in [-0.05, 0) is 32.9 Å². The maximum absolute atomic E-state index is 5.77. The molecule has 1 unspecified atom stereocenters. The molecule has 14 heavy (non-hydrogen) atoms. The summed E-state index contributed by atoms with van der Waals surface area (Å²) in [6.07, 6.45) is 2.54. The fourth-order valence-corrected chi connectivity index (χ4v) is 2.05. The normalized spacial score (nSPS) is 20.1. The highest BCUT2D eigenvalue weighted by atomic mass is 16.5. The Hall–Kier alpha value is -0.870. The van der Waals surface area contributed by atoms with Gasteiger partial charge in [-0.2, -0.15) is 0 Å². The molecule has 1 aromatic heterocycles. The second kappa shape index (κ2) is 4.11. The fourth-order valence-electron chi connectivity index (χ4n) is 2.05. The Bertz CT molecular complexity index is 291. The molecule has 2 heterocycles. The number of hydrogen-bond acceptors (Lipinski definition) is 4. The Morgan fingerprint density at radius 1 is 1.57 bits per heavy atom. The van der Waals surface area contributed by atoms with E-state index in [1.54, 1.807) is 0 Å². The molecule has 1 aliphatic heterocycles. The number of rotatable bonds is 3. The van der Waals surface area contributed by atoms with Crippen LogP contribution >= 0.6 is 0 Å². The van der Waals surface area contributed by atoms with E-state index in [0.717, 1.165) is 24.5 Å². The van der Waals surface area contributed by atoms with E-state index in [1.807, 2.05) is 13.0 Å². The lowest BCUT2D eigenvalue weighted by atomic mass is 10.2. The summed E-state index contributed by atoms with van der Waals surface area (Å²) in [6, 6.07) is 2.23. The molecule has 78 valence electrons. The SMILES string of the molecule is Cc1cc(C(CN)N2CCCC2)no1. The van der Waals surface area contributed by atoms with E-state index in [9.17, 15) is 0 Å². The molecule has 2 N–H and O–H groups in total. The maximum atomic E-state index is 5.77. The molecular formula is C10H17N3O. The summed E-state index contributed by atoms with van der Waals surface area (Å²) < 4.78 is 5.07. The average molecular weight is 195 g/mol. The van der Waals surface area contributed by atoms with Crippen LogP contribution in [0.15, 0.2) is 10.6 Å². The number of hydrogen-bond donors (Lipinski definition) is 1. The van der Waals surface area contributed by atoms with Crippen molar-refractivity contribution >= 4 is 0 Å². The van der Waals surface area contributed by atoms with E-state index in [-0.39, 0.29) is 6.04 Å². The van der Waals surface area contributed by atoms with Crippen LogP contribution in [-0.2, 0) is 0 Å². The van der Waals surface area contributed by atoms with Crippen LogP contribution < -0.4 is 5.73 Å². The van der Waals surface area contributed by atoms with E-state index < -0.39 is 0 Å². The summed E-state index contributed by atoms with van der Waals surface area (Å²) in [5.41, 5.74) is 6.75. The molecule has 0 amide bonds. The van der Waals surface area contributed by atoms with Crippen molar-refractivity contribution in [3.63, 3.8) is 0 Å². The lowest BCUT2D eigenvalue weighted by molar-refractivity contribution is 0.238. The lowest BCUT2D eigenvalue weighted by Gasteiger charge is -2.23. The third-order valence-electron chi connectivity index (χ3n) is 2.79. The number of nitrogens with two attached hydrogens (primary N) is 1. The molecule has 0 bridgehead atoms. The van der Waals surface area contributed by atoms with Crippen LogP contribution in [0.2, 0.25) is 0 Å². The quantitative estimate of drug-likeness (QED) is 0.784. The van der Waals surface area contributed by atoms with Gasteiger partial charge >= 0.3 is 0 Å². The molecule has 4 nitrogen and oxygen atoms in total. The maximum Gasteiger partial charge on any atom is 0.133 e. The van der Waals surface area contributed by atoms with Crippen molar-refractivity contribution in [3.8, 4) is 0 Å². The summed E-state index contributed by atoms with van der Waals surface area (Å²) in [5, 5.41) is 4.03. The van der Waals surface area contributed by atoms with E-state index in [2.05, 4.69) is 10.1 Å². The molecule has 0 aromatic carbocycles. The zero-order valence-electron chi connectivity index (χ0n) is 8.57. The van der Waals surface area contributed by atoms with Gasteiger partial charge in [0, 0.05) is 12.6 Å². The number of likely N-dealkylation sites (tertiary alicyclic amines) is 1. The minimum Gasteiger partial charge on any atom is -0.361 e. The van der Waals surface area contributed by atoms with Gasteiger partial charge < -0.3 is 10.3 Å². The van der Waals surface area contributed by atoms with Gasteiger partial charge in [-0.1, -0.05) is 5.16 Å². The monoisotopic (exact) mass is 195 g/mol. The average Bonchev–Trinajstić information content (AvgIpc) is 2.79. The summed E-state index contributed by atoms with van der Waals surface area (Å²) in [5.74, 6) is 0.859. The second-order valence-corrected chi connectivity index (χ2v) is 3.86. The van der Waals surface area contributed by atoms with Gasteiger partial charge in [0.05, 0.1) is 6.04 Å². The smallest absolute Gasteiger partial charge is 0.133 e. The van der Waals surface area contributed by atoms with E-state index >= 15 is 0 Å². The molecule has 0 aliphatic carbocycles. The lowest BCUT2D eigenvalue weighted by Crippen LogP contribution is -2.31. The predicted molar refractivity (Wildman–Crippen MR) is 53.8 cm³/mol.